The van der Waals surface area contributed by atoms with Crippen molar-refractivity contribution in [3.05, 3.63) is 29.6 Å². The molecular weight excluding hydrogens is 253 g/mol. The van der Waals surface area contributed by atoms with Crippen LogP contribution >= 0.6 is 0 Å². The van der Waals surface area contributed by atoms with Gasteiger partial charge in [0.2, 0.25) is 0 Å². The summed E-state index contributed by atoms with van der Waals surface area (Å²) in [6.07, 6.45) is 3.53. The molecule has 1 aromatic rings. The van der Waals surface area contributed by atoms with Crippen molar-refractivity contribution in [2.75, 3.05) is 13.7 Å². The topological polar surface area (TPSA) is 21.3 Å². The average molecular weight is 279 g/mol. The molecule has 0 aromatic heterocycles. The van der Waals surface area contributed by atoms with Crippen molar-refractivity contribution in [3.8, 4) is 5.75 Å². The lowest BCUT2D eigenvalue weighted by Crippen LogP contribution is -2.39. The minimum Gasteiger partial charge on any atom is -0.496 e. The molecule has 0 aliphatic heterocycles. The average Bonchev–Trinajstić information content (AvgIpc) is 2.83. The number of hydrogen-bond donors (Lipinski definition) is 1. The Morgan fingerprint density at radius 1 is 1.30 bits per heavy atom. The van der Waals surface area contributed by atoms with Gasteiger partial charge in [0.05, 0.1) is 7.11 Å². The van der Waals surface area contributed by atoms with Crippen molar-refractivity contribution in [2.45, 2.75) is 51.5 Å². The molecule has 0 spiro atoms. The van der Waals surface area contributed by atoms with Crippen LogP contribution < -0.4 is 10.1 Å². The van der Waals surface area contributed by atoms with Gasteiger partial charge in [-0.3, -0.25) is 0 Å². The second kappa shape index (κ2) is 6.13. The highest BCUT2D eigenvalue weighted by Crippen LogP contribution is 2.43. The maximum Gasteiger partial charge on any atom is 0.123 e. The molecule has 3 heteroatoms. The van der Waals surface area contributed by atoms with E-state index in [1.165, 1.54) is 18.9 Å². The Morgan fingerprint density at radius 3 is 2.70 bits per heavy atom. The largest absolute Gasteiger partial charge is 0.496 e. The minimum atomic E-state index is -0.171. The minimum absolute atomic E-state index is 0.124. The van der Waals surface area contributed by atoms with Gasteiger partial charge in [-0.05, 0) is 70.2 Å². The fourth-order valence-corrected chi connectivity index (χ4v) is 3.12. The van der Waals surface area contributed by atoms with Gasteiger partial charge in [-0.2, -0.15) is 0 Å². The fraction of sp³-hybridized carbons (Fsp3) is 0.647. The summed E-state index contributed by atoms with van der Waals surface area (Å²) in [6, 6.07) is 4.87. The van der Waals surface area contributed by atoms with E-state index in [1.54, 1.807) is 19.2 Å². The zero-order valence-electron chi connectivity index (χ0n) is 13.0. The highest BCUT2D eigenvalue weighted by Gasteiger charge is 2.31. The lowest BCUT2D eigenvalue weighted by atomic mass is 9.87. The molecular formula is C17H26FNO. The molecule has 0 bridgehead atoms. The highest BCUT2D eigenvalue weighted by molar-refractivity contribution is 5.37. The van der Waals surface area contributed by atoms with E-state index in [9.17, 15) is 4.39 Å². The van der Waals surface area contributed by atoms with Gasteiger partial charge >= 0.3 is 0 Å². The van der Waals surface area contributed by atoms with Crippen LogP contribution in [-0.2, 0) is 0 Å². The van der Waals surface area contributed by atoms with Crippen molar-refractivity contribution in [1.29, 1.82) is 0 Å². The summed E-state index contributed by atoms with van der Waals surface area (Å²) in [5, 5.41) is 3.58. The maximum absolute atomic E-state index is 13.6. The number of nitrogens with one attached hydrogen (secondary N) is 1. The molecule has 1 fully saturated rings. The van der Waals surface area contributed by atoms with Crippen molar-refractivity contribution in [2.24, 2.45) is 5.92 Å². The van der Waals surface area contributed by atoms with E-state index in [2.05, 4.69) is 26.1 Å². The van der Waals surface area contributed by atoms with E-state index in [0.717, 1.165) is 24.3 Å². The zero-order valence-corrected chi connectivity index (χ0v) is 13.0. The molecule has 112 valence electrons. The van der Waals surface area contributed by atoms with E-state index in [4.69, 9.17) is 4.74 Å². The molecule has 1 N–H and O–H groups in total. The lowest BCUT2D eigenvalue weighted by molar-refractivity contribution is 0.348. The van der Waals surface area contributed by atoms with Gasteiger partial charge in [0.25, 0.3) is 0 Å². The molecule has 1 saturated carbocycles. The summed E-state index contributed by atoms with van der Waals surface area (Å²) in [4.78, 5) is 0. The Balaban J connectivity index is 2.16. The van der Waals surface area contributed by atoms with Crippen LogP contribution in [0.5, 0.6) is 5.75 Å². The number of halogens is 1. The summed E-state index contributed by atoms with van der Waals surface area (Å²) in [6.45, 7) is 7.52. The molecule has 1 aliphatic carbocycles. The third kappa shape index (κ3) is 3.72. The molecule has 2 unspecified atom stereocenters. The van der Waals surface area contributed by atoms with Crippen molar-refractivity contribution in [3.63, 3.8) is 0 Å². The molecule has 0 amide bonds. The van der Waals surface area contributed by atoms with Gasteiger partial charge in [-0.15, -0.1) is 0 Å². The number of hydrogen-bond acceptors (Lipinski definition) is 2. The Labute approximate surface area is 121 Å². The van der Waals surface area contributed by atoms with Crippen molar-refractivity contribution < 1.29 is 9.13 Å². The lowest BCUT2D eigenvalue weighted by Gasteiger charge is -2.27. The quantitative estimate of drug-likeness (QED) is 0.895. The number of benzene rings is 1. The second-order valence-electron chi connectivity index (χ2n) is 6.81. The first-order valence-electron chi connectivity index (χ1n) is 7.49. The number of ether oxygens (including phenoxy) is 1. The van der Waals surface area contributed by atoms with Crippen LogP contribution in [0, 0.1) is 11.7 Å². The molecule has 2 nitrogen and oxygen atoms in total. The van der Waals surface area contributed by atoms with Crippen LogP contribution in [-0.4, -0.2) is 19.2 Å². The number of methoxy groups -OCH3 is 1. The Morgan fingerprint density at radius 2 is 2.05 bits per heavy atom. The van der Waals surface area contributed by atoms with E-state index < -0.39 is 0 Å². The summed E-state index contributed by atoms with van der Waals surface area (Å²) in [5.74, 6) is 1.61. The fourth-order valence-electron chi connectivity index (χ4n) is 3.12. The third-order valence-electron chi connectivity index (χ3n) is 4.14. The molecule has 0 radical (unpaired) electrons. The van der Waals surface area contributed by atoms with Crippen molar-refractivity contribution in [1.82, 2.24) is 5.32 Å². The van der Waals surface area contributed by atoms with Gasteiger partial charge in [0.15, 0.2) is 0 Å². The number of rotatable bonds is 4. The maximum atomic E-state index is 13.6. The Kier molecular flexibility index (Phi) is 4.69. The highest BCUT2D eigenvalue weighted by atomic mass is 19.1. The predicted octanol–water partition coefficient (Wildman–Crippen LogP) is 4.11. The standard InChI is InChI=1S/C17H26FNO/c1-17(2,3)19-11-12-6-5-7-14(12)15-10-13(18)8-9-16(15)20-4/h8-10,12,14,19H,5-7,11H2,1-4H3. The van der Waals surface area contributed by atoms with Gasteiger partial charge in [0.1, 0.15) is 11.6 Å². The van der Waals surface area contributed by atoms with Crippen LogP contribution in [0.1, 0.15) is 51.5 Å². The molecule has 0 saturated heterocycles. The SMILES string of the molecule is COc1ccc(F)cc1C1CCCC1CNC(C)(C)C. The van der Waals surface area contributed by atoms with Crippen LogP contribution in [0.15, 0.2) is 18.2 Å². The first-order valence-corrected chi connectivity index (χ1v) is 7.49. The van der Waals surface area contributed by atoms with Crippen LogP contribution in [0.4, 0.5) is 4.39 Å². The third-order valence-corrected chi connectivity index (χ3v) is 4.14. The first-order chi connectivity index (χ1) is 9.40. The van der Waals surface area contributed by atoms with E-state index in [-0.39, 0.29) is 11.4 Å². The van der Waals surface area contributed by atoms with E-state index in [0.29, 0.717) is 11.8 Å². The predicted molar refractivity (Wildman–Crippen MR) is 80.8 cm³/mol. The molecule has 0 heterocycles. The van der Waals surface area contributed by atoms with Gasteiger partial charge < -0.3 is 10.1 Å². The smallest absolute Gasteiger partial charge is 0.123 e. The normalized spacial score (nSPS) is 23.1. The van der Waals surface area contributed by atoms with Crippen molar-refractivity contribution >= 4 is 0 Å². The molecule has 1 aromatic carbocycles. The van der Waals surface area contributed by atoms with Crippen LogP contribution in [0.3, 0.4) is 0 Å². The molecule has 1 aliphatic rings. The molecule has 20 heavy (non-hydrogen) atoms. The van der Waals surface area contributed by atoms with Crippen LogP contribution in [0.2, 0.25) is 0 Å². The van der Waals surface area contributed by atoms with Gasteiger partial charge in [-0.25, -0.2) is 4.39 Å². The molecule has 2 rings (SSSR count). The van der Waals surface area contributed by atoms with E-state index in [1.807, 2.05) is 0 Å². The molecule has 2 atom stereocenters. The summed E-state index contributed by atoms with van der Waals surface area (Å²) in [5.41, 5.74) is 1.16. The Hall–Kier alpha value is -1.09. The van der Waals surface area contributed by atoms with Gasteiger partial charge in [0, 0.05) is 11.1 Å². The van der Waals surface area contributed by atoms with E-state index >= 15 is 0 Å². The summed E-state index contributed by atoms with van der Waals surface area (Å²) >= 11 is 0. The van der Waals surface area contributed by atoms with Gasteiger partial charge in [-0.1, -0.05) is 6.42 Å². The monoisotopic (exact) mass is 279 g/mol. The zero-order chi connectivity index (χ0) is 14.8. The summed E-state index contributed by atoms with van der Waals surface area (Å²) < 4.78 is 19.0. The van der Waals surface area contributed by atoms with Crippen LogP contribution in [0.25, 0.3) is 0 Å². The first kappa shape index (κ1) is 15.3. The summed E-state index contributed by atoms with van der Waals surface area (Å²) in [7, 11) is 1.66. The second-order valence-corrected chi connectivity index (χ2v) is 6.81. The Bertz CT molecular complexity index is 453.